The Bertz CT molecular complexity index is 614. The predicted octanol–water partition coefficient (Wildman–Crippen LogP) is 2.45. The van der Waals surface area contributed by atoms with Crippen LogP contribution in [0, 0.1) is 0 Å². The van der Waals surface area contributed by atoms with Crippen molar-refractivity contribution < 1.29 is 0 Å². The fourth-order valence-electron chi connectivity index (χ4n) is 1.93. The van der Waals surface area contributed by atoms with Gasteiger partial charge in [0.15, 0.2) is 0 Å². The van der Waals surface area contributed by atoms with Crippen LogP contribution < -0.4 is 5.35 Å². The van der Waals surface area contributed by atoms with Crippen LogP contribution in [0.25, 0.3) is 28.3 Å². The summed E-state index contributed by atoms with van der Waals surface area (Å²) in [5.41, 5.74) is 1.18. The highest BCUT2D eigenvalue weighted by Crippen LogP contribution is 2.22. The summed E-state index contributed by atoms with van der Waals surface area (Å²) in [4.78, 5) is 3.28. The van der Waals surface area contributed by atoms with Gasteiger partial charge in [0.1, 0.15) is 0 Å². The maximum absolute atomic E-state index is 3.98. The number of benzene rings is 2. The van der Waals surface area contributed by atoms with Crippen molar-refractivity contribution in [3.05, 3.63) is 41.7 Å². The molecule has 1 aromatic heterocycles. The minimum Gasteiger partial charge on any atom is -0.355 e. The normalized spacial score (nSPS) is 11.4. The van der Waals surface area contributed by atoms with Gasteiger partial charge in [-0.1, -0.05) is 36.9 Å². The largest absolute Gasteiger partial charge is 0.355 e. The third-order valence-electron chi connectivity index (χ3n) is 2.52. The fraction of sp³-hybridized carbons (Fsp3) is 0. The van der Waals surface area contributed by atoms with Gasteiger partial charge in [-0.2, -0.15) is 0 Å². The van der Waals surface area contributed by atoms with Gasteiger partial charge in [0.25, 0.3) is 0 Å². The molecule has 1 heterocycles. The van der Waals surface area contributed by atoms with Crippen LogP contribution in [0.3, 0.4) is 0 Å². The van der Waals surface area contributed by atoms with E-state index in [0.29, 0.717) is 0 Å². The molecule has 0 unspecified atom stereocenters. The van der Waals surface area contributed by atoms with Crippen LogP contribution in [0.15, 0.2) is 36.4 Å². The molecule has 0 amide bonds. The molecule has 0 fully saturated rings. The SMILES string of the molecule is C=c1[nH]c2cccc3cccc1c32. The highest BCUT2D eigenvalue weighted by molar-refractivity contribution is 6.09. The van der Waals surface area contributed by atoms with E-state index in [-0.39, 0.29) is 0 Å². The molecule has 0 spiro atoms. The first-order valence-electron chi connectivity index (χ1n) is 4.34. The molecule has 62 valence electrons. The van der Waals surface area contributed by atoms with Gasteiger partial charge in [-0.05, 0) is 11.5 Å². The Kier molecular flexibility index (Phi) is 1.10. The van der Waals surface area contributed by atoms with E-state index < -0.39 is 0 Å². The number of hydrogen-bond donors (Lipinski definition) is 1. The van der Waals surface area contributed by atoms with Crippen LogP contribution in [0.4, 0.5) is 0 Å². The molecule has 0 aliphatic rings. The zero-order chi connectivity index (χ0) is 8.84. The van der Waals surface area contributed by atoms with Crippen LogP contribution in [0.1, 0.15) is 0 Å². The quantitative estimate of drug-likeness (QED) is 0.529. The first-order chi connectivity index (χ1) is 6.36. The van der Waals surface area contributed by atoms with E-state index in [2.05, 4.69) is 48.0 Å². The van der Waals surface area contributed by atoms with E-state index >= 15 is 0 Å². The van der Waals surface area contributed by atoms with Gasteiger partial charge >= 0.3 is 0 Å². The highest BCUT2D eigenvalue weighted by atomic mass is 14.7. The molecule has 13 heavy (non-hydrogen) atoms. The molecule has 0 atom stereocenters. The maximum Gasteiger partial charge on any atom is 0.0470 e. The van der Waals surface area contributed by atoms with Gasteiger partial charge in [0.2, 0.25) is 0 Å². The molecule has 0 aliphatic heterocycles. The van der Waals surface area contributed by atoms with Gasteiger partial charge in [-0.3, -0.25) is 0 Å². The minimum absolute atomic E-state index is 1.01. The first-order valence-corrected chi connectivity index (χ1v) is 4.34. The Morgan fingerprint density at radius 1 is 1.00 bits per heavy atom. The van der Waals surface area contributed by atoms with Gasteiger partial charge in [-0.15, -0.1) is 0 Å². The molecule has 0 radical (unpaired) electrons. The molecule has 0 saturated carbocycles. The van der Waals surface area contributed by atoms with E-state index in [1.54, 1.807) is 0 Å². The van der Waals surface area contributed by atoms with Crippen LogP contribution in [0.5, 0.6) is 0 Å². The van der Waals surface area contributed by atoms with Gasteiger partial charge in [-0.25, -0.2) is 0 Å². The number of H-pyrrole nitrogens is 1. The van der Waals surface area contributed by atoms with Gasteiger partial charge in [0.05, 0.1) is 0 Å². The fourth-order valence-corrected chi connectivity index (χ4v) is 1.93. The Labute approximate surface area is 75.7 Å². The highest BCUT2D eigenvalue weighted by Gasteiger charge is 2.02. The van der Waals surface area contributed by atoms with Crippen molar-refractivity contribution in [3.8, 4) is 0 Å². The molecular formula is C12H9N. The molecular weight excluding hydrogens is 158 g/mol. The Balaban J connectivity index is 2.83. The number of hydrogen-bond acceptors (Lipinski definition) is 0. The Hall–Kier alpha value is -1.76. The van der Waals surface area contributed by atoms with Crippen molar-refractivity contribution in [1.82, 2.24) is 4.98 Å². The lowest BCUT2D eigenvalue weighted by Crippen LogP contribution is -1.95. The van der Waals surface area contributed by atoms with E-state index in [9.17, 15) is 0 Å². The molecule has 0 aliphatic carbocycles. The maximum atomic E-state index is 3.98. The molecule has 1 nitrogen and oxygen atoms in total. The number of aromatic nitrogens is 1. The summed E-state index contributed by atoms with van der Waals surface area (Å²) in [5, 5.41) is 4.82. The lowest BCUT2D eigenvalue weighted by atomic mass is 10.1. The van der Waals surface area contributed by atoms with Gasteiger partial charge in [0, 0.05) is 21.6 Å². The third kappa shape index (κ3) is 0.760. The van der Waals surface area contributed by atoms with E-state index in [1.165, 1.54) is 21.7 Å². The second-order valence-electron chi connectivity index (χ2n) is 3.31. The molecule has 1 heteroatoms. The third-order valence-corrected chi connectivity index (χ3v) is 2.52. The lowest BCUT2D eigenvalue weighted by molar-refractivity contribution is 1.41. The summed E-state index contributed by atoms with van der Waals surface area (Å²) < 4.78 is 0. The van der Waals surface area contributed by atoms with Crippen molar-refractivity contribution in [3.63, 3.8) is 0 Å². The summed E-state index contributed by atoms with van der Waals surface area (Å²) in [6.07, 6.45) is 0. The molecule has 1 N–H and O–H groups in total. The van der Waals surface area contributed by atoms with Crippen LogP contribution in [-0.2, 0) is 0 Å². The molecule has 0 bridgehead atoms. The van der Waals surface area contributed by atoms with Gasteiger partial charge < -0.3 is 4.98 Å². The Morgan fingerprint density at radius 2 is 1.77 bits per heavy atom. The molecule has 0 saturated heterocycles. The first kappa shape index (κ1) is 6.72. The van der Waals surface area contributed by atoms with E-state index in [4.69, 9.17) is 0 Å². The van der Waals surface area contributed by atoms with Crippen molar-refractivity contribution in [2.45, 2.75) is 0 Å². The number of aromatic amines is 1. The number of nitrogens with one attached hydrogen (secondary N) is 1. The minimum atomic E-state index is 1.01. The predicted molar refractivity (Wildman–Crippen MR) is 56.5 cm³/mol. The summed E-state index contributed by atoms with van der Waals surface area (Å²) in [5.74, 6) is 0. The zero-order valence-electron chi connectivity index (χ0n) is 7.17. The summed E-state index contributed by atoms with van der Waals surface area (Å²) in [6.45, 7) is 3.98. The van der Waals surface area contributed by atoms with Crippen LogP contribution in [0.2, 0.25) is 0 Å². The average molecular weight is 167 g/mol. The van der Waals surface area contributed by atoms with E-state index in [0.717, 1.165) is 5.35 Å². The zero-order valence-corrected chi connectivity index (χ0v) is 7.17. The monoisotopic (exact) mass is 167 g/mol. The molecule has 3 aromatic rings. The number of rotatable bonds is 0. The van der Waals surface area contributed by atoms with E-state index in [1.807, 2.05) is 0 Å². The van der Waals surface area contributed by atoms with Crippen molar-refractivity contribution in [2.24, 2.45) is 0 Å². The molecule has 3 rings (SSSR count). The van der Waals surface area contributed by atoms with Crippen molar-refractivity contribution in [2.75, 3.05) is 0 Å². The van der Waals surface area contributed by atoms with Crippen LogP contribution in [-0.4, -0.2) is 4.98 Å². The summed E-state index contributed by atoms with van der Waals surface area (Å²) >= 11 is 0. The van der Waals surface area contributed by atoms with Crippen LogP contribution >= 0.6 is 0 Å². The summed E-state index contributed by atoms with van der Waals surface area (Å²) in [6, 6.07) is 12.6. The Morgan fingerprint density at radius 3 is 2.62 bits per heavy atom. The lowest BCUT2D eigenvalue weighted by Gasteiger charge is -1.95. The second kappa shape index (κ2) is 2.13. The van der Waals surface area contributed by atoms with Crippen molar-refractivity contribution >= 4 is 28.3 Å². The average Bonchev–Trinajstić information content (AvgIpc) is 2.47. The topological polar surface area (TPSA) is 15.8 Å². The van der Waals surface area contributed by atoms with Crippen molar-refractivity contribution in [1.29, 1.82) is 0 Å². The molecule has 2 aromatic carbocycles. The summed E-state index contributed by atoms with van der Waals surface area (Å²) in [7, 11) is 0. The standard InChI is InChI=1S/C12H9N/c1-8-10-6-2-4-9-5-3-7-11(13-8)12(9)10/h2-7,13H,1H2. The second-order valence-corrected chi connectivity index (χ2v) is 3.31. The smallest absolute Gasteiger partial charge is 0.0470 e.